The number of carbonyl (C=O) groups excluding carboxylic acids is 1. The number of hydrogen-bond donors (Lipinski definition) is 1. The molecule has 3 rings (SSSR count). The van der Waals surface area contributed by atoms with Gasteiger partial charge in [0.2, 0.25) is 0 Å². The number of carbonyl (C=O) groups is 1. The van der Waals surface area contributed by atoms with Crippen LogP contribution in [-0.2, 0) is 6.54 Å². The summed E-state index contributed by atoms with van der Waals surface area (Å²) in [5.41, 5.74) is 1.85. The molecule has 0 saturated carbocycles. The number of hydrogen-bond acceptors (Lipinski definition) is 5. The van der Waals surface area contributed by atoms with E-state index in [1.54, 1.807) is 23.7 Å². The van der Waals surface area contributed by atoms with Crippen molar-refractivity contribution in [2.75, 3.05) is 31.5 Å². The molecule has 0 atom stereocenters. The topological polar surface area (TPSA) is 61.4 Å². The molecule has 0 unspecified atom stereocenters. The van der Waals surface area contributed by atoms with Gasteiger partial charge < -0.3 is 10.2 Å². The molecular formula is C15H19N5OS. The summed E-state index contributed by atoms with van der Waals surface area (Å²) in [6, 6.07) is 3.59. The normalized spacial score (nSPS) is 15.8. The molecule has 2 aromatic heterocycles. The van der Waals surface area contributed by atoms with Gasteiger partial charge >= 0.3 is 6.03 Å². The van der Waals surface area contributed by atoms with Crippen LogP contribution in [0.4, 0.5) is 10.5 Å². The third-order valence-electron chi connectivity index (χ3n) is 3.62. The Bertz CT molecular complexity index is 622. The van der Waals surface area contributed by atoms with Crippen molar-refractivity contribution in [3.8, 4) is 0 Å². The molecule has 7 heteroatoms. The van der Waals surface area contributed by atoms with Crippen molar-refractivity contribution in [3.05, 3.63) is 40.6 Å². The number of anilines is 1. The first-order valence-electron chi connectivity index (χ1n) is 7.30. The van der Waals surface area contributed by atoms with E-state index in [9.17, 15) is 4.79 Å². The average Bonchev–Trinajstić information content (AvgIpc) is 2.94. The highest BCUT2D eigenvalue weighted by Gasteiger charge is 2.21. The molecule has 0 aromatic carbocycles. The van der Waals surface area contributed by atoms with Crippen LogP contribution >= 0.6 is 11.3 Å². The number of piperazine rings is 1. The average molecular weight is 317 g/mol. The lowest BCUT2D eigenvalue weighted by Gasteiger charge is -2.34. The zero-order chi connectivity index (χ0) is 15.4. The van der Waals surface area contributed by atoms with E-state index >= 15 is 0 Å². The molecule has 0 radical (unpaired) electrons. The van der Waals surface area contributed by atoms with Gasteiger partial charge in [0.1, 0.15) is 0 Å². The molecule has 1 aliphatic rings. The van der Waals surface area contributed by atoms with Crippen LogP contribution < -0.4 is 5.32 Å². The van der Waals surface area contributed by atoms with Gasteiger partial charge in [0.25, 0.3) is 0 Å². The standard InChI is InChI=1S/C15H19N5OS/c1-12-17-14(11-22-12)10-19-5-7-20(8-6-19)15(21)18-13-3-2-4-16-9-13/h2-4,9,11H,5-8,10H2,1H3,(H,18,21). The molecule has 116 valence electrons. The van der Waals surface area contributed by atoms with Crippen LogP contribution in [0.3, 0.4) is 0 Å². The quantitative estimate of drug-likeness (QED) is 0.943. The van der Waals surface area contributed by atoms with Gasteiger partial charge in [-0.1, -0.05) is 0 Å². The van der Waals surface area contributed by atoms with E-state index in [0.717, 1.165) is 49.1 Å². The maximum absolute atomic E-state index is 12.2. The molecular weight excluding hydrogens is 298 g/mol. The fourth-order valence-electron chi connectivity index (χ4n) is 2.46. The SMILES string of the molecule is Cc1nc(CN2CCN(C(=O)Nc3cccnc3)CC2)cs1. The van der Waals surface area contributed by atoms with Crippen LogP contribution in [0.5, 0.6) is 0 Å². The number of nitrogens with one attached hydrogen (secondary N) is 1. The highest BCUT2D eigenvalue weighted by atomic mass is 32.1. The summed E-state index contributed by atoms with van der Waals surface area (Å²) in [6.45, 7) is 6.09. The lowest BCUT2D eigenvalue weighted by atomic mass is 10.3. The fraction of sp³-hybridized carbons (Fsp3) is 0.400. The van der Waals surface area contributed by atoms with Gasteiger partial charge in [-0.15, -0.1) is 11.3 Å². The second-order valence-electron chi connectivity index (χ2n) is 5.29. The van der Waals surface area contributed by atoms with Crippen LogP contribution in [0.25, 0.3) is 0 Å². The van der Waals surface area contributed by atoms with Crippen LogP contribution in [0.2, 0.25) is 0 Å². The smallest absolute Gasteiger partial charge is 0.321 e. The van der Waals surface area contributed by atoms with E-state index in [2.05, 4.69) is 25.6 Å². The van der Waals surface area contributed by atoms with Gasteiger partial charge in [-0.2, -0.15) is 0 Å². The van der Waals surface area contributed by atoms with E-state index in [-0.39, 0.29) is 6.03 Å². The third kappa shape index (κ3) is 3.80. The van der Waals surface area contributed by atoms with Crippen molar-refractivity contribution in [1.29, 1.82) is 0 Å². The number of pyridine rings is 1. The lowest BCUT2D eigenvalue weighted by Crippen LogP contribution is -2.49. The van der Waals surface area contributed by atoms with Crippen molar-refractivity contribution in [1.82, 2.24) is 19.8 Å². The Morgan fingerprint density at radius 2 is 2.18 bits per heavy atom. The number of aromatic nitrogens is 2. The molecule has 3 heterocycles. The Hall–Kier alpha value is -1.99. The van der Waals surface area contributed by atoms with Gasteiger partial charge in [0.15, 0.2) is 0 Å². The minimum Gasteiger partial charge on any atom is -0.322 e. The van der Waals surface area contributed by atoms with Gasteiger partial charge in [0.05, 0.1) is 22.6 Å². The first kappa shape index (κ1) is 14.9. The summed E-state index contributed by atoms with van der Waals surface area (Å²) in [5.74, 6) is 0. The van der Waals surface area contributed by atoms with Crippen molar-refractivity contribution in [2.45, 2.75) is 13.5 Å². The Balaban J connectivity index is 1.48. The van der Waals surface area contributed by atoms with Crippen molar-refractivity contribution in [3.63, 3.8) is 0 Å². The summed E-state index contributed by atoms with van der Waals surface area (Å²) >= 11 is 1.68. The van der Waals surface area contributed by atoms with Gasteiger partial charge in [0, 0.05) is 44.3 Å². The second kappa shape index (κ2) is 6.85. The monoisotopic (exact) mass is 317 g/mol. The number of nitrogens with zero attached hydrogens (tertiary/aromatic N) is 4. The maximum Gasteiger partial charge on any atom is 0.321 e. The van der Waals surface area contributed by atoms with Crippen LogP contribution in [0.15, 0.2) is 29.9 Å². The molecule has 1 aliphatic heterocycles. The van der Waals surface area contributed by atoms with Gasteiger partial charge in [-0.05, 0) is 19.1 Å². The predicted octanol–water partition coefficient (Wildman–Crippen LogP) is 2.20. The van der Waals surface area contributed by atoms with Crippen LogP contribution in [-0.4, -0.2) is 52.0 Å². The number of rotatable bonds is 3. The molecule has 1 saturated heterocycles. The zero-order valence-electron chi connectivity index (χ0n) is 12.5. The van der Waals surface area contributed by atoms with E-state index in [1.807, 2.05) is 24.0 Å². The minimum atomic E-state index is -0.0582. The lowest BCUT2D eigenvalue weighted by molar-refractivity contribution is 0.142. The van der Waals surface area contributed by atoms with Gasteiger partial charge in [-0.25, -0.2) is 9.78 Å². The first-order valence-corrected chi connectivity index (χ1v) is 8.18. The van der Waals surface area contributed by atoms with Crippen LogP contribution in [0.1, 0.15) is 10.7 Å². The Labute approximate surface area is 133 Å². The van der Waals surface area contributed by atoms with Crippen LogP contribution in [0, 0.1) is 6.92 Å². The number of amides is 2. The summed E-state index contributed by atoms with van der Waals surface area (Å²) in [6.07, 6.45) is 3.34. The molecule has 22 heavy (non-hydrogen) atoms. The largest absolute Gasteiger partial charge is 0.322 e. The number of urea groups is 1. The molecule has 0 aliphatic carbocycles. The Kier molecular flexibility index (Phi) is 4.65. The number of thiazole rings is 1. The molecule has 6 nitrogen and oxygen atoms in total. The number of aryl methyl sites for hydroxylation is 1. The van der Waals surface area contributed by atoms with Crippen molar-refractivity contribution < 1.29 is 4.79 Å². The Morgan fingerprint density at radius 3 is 2.82 bits per heavy atom. The van der Waals surface area contributed by atoms with Crippen molar-refractivity contribution in [2.24, 2.45) is 0 Å². The summed E-state index contributed by atoms with van der Waals surface area (Å²) in [7, 11) is 0. The molecule has 2 aromatic rings. The fourth-order valence-corrected chi connectivity index (χ4v) is 3.06. The highest BCUT2D eigenvalue weighted by molar-refractivity contribution is 7.09. The van der Waals surface area contributed by atoms with E-state index in [1.165, 1.54) is 0 Å². The summed E-state index contributed by atoms with van der Waals surface area (Å²) in [4.78, 5) is 24.9. The van der Waals surface area contributed by atoms with E-state index < -0.39 is 0 Å². The first-order chi connectivity index (χ1) is 10.7. The van der Waals surface area contributed by atoms with E-state index in [0.29, 0.717) is 0 Å². The zero-order valence-corrected chi connectivity index (χ0v) is 13.3. The molecule has 0 spiro atoms. The maximum atomic E-state index is 12.2. The molecule has 2 amide bonds. The van der Waals surface area contributed by atoms with Gasteiger partial charge in [-0.3, -0.25) is 9.88 Å². The summed E-state index contributed by atoms with van der Waals surface area (Å²) < 4.78 is 0. The minimum absolute atomic E-state index is 0.0582. The van der Waals surface area contributed by atoms with E-state index in [4.69, 9.17) is 0 Å². The molecule has 1 fully saturated rings. The molecule has 0 bridgehead atoms. The predicted molar refractivity (Wildman–Crippen MR) is 87.0 cm³/mol. The highest BCUT2D eigenvalue weighted by Crippen LogP contribution is 2.13. The van der Waals surface area contributed by atoms with Crippen molar-refractivity contribution >= 4 is 23.1 Å². The Morgan fingerprint density at radius 1 is 1.36 bits per heavy atom. The summed E-state index contributed by atoms with van der Waals surface area (Å²) in [5, 5.41) is 6.08. The molecule has 1 N–H and O–H groups in total. The third-order valence-corrected chi connectivity index (χ3v) is 4.45. The second-order valence-corrected chi connectivity index (χ2v) is 6.36.